The number of carbonyl (C=O) groups excluding carboxylic acids is 2. The van der Waals surface area contributed by atoms with E-state index in [-0.39, 0.29) is 36.4 Å². The van der Waals surface area contributed by atoms with Gasteiger partial charge in [0.2, 0.25) is 11.8 Å². The topological polar surface area (TPSA) is 99.2 Å². The van der Waals surface area contributed by atoms with E-state index in [0.717, 1.165) is 25.7 Å². The highest BCUT2D eigenvalue weighted by atomic mass is 16.2. The lowest BCUT2D eigenvalue weighted by molar-refractivity contribution is -0.130. The number of nitrogens with zero attached hydrogens (tertiary/aromatic N) is 2. The van der Waals surface area contributed by atoms with Gasteiger partial charge in [-0.2, -0.15) is 5.26 Å². The molecule has 6 nitrogen and oxygen atoms in total. The van der Waals surface area contributed by atoms with Crippen molar-refractivity contribution in [1.29, 1.82) is 5.26 Å². The zero-order valence-corrected chi connectivity index (χ0v) is 11.0. The summed E-state index contributed by atoms with van der Waals surface area (Å²) in [5.41, 5.74) is 5.27. The molecule has 0 bridgehead atoms. The normalized spacial score (nSPS) is 30.3. The van der Waals surface area contributed by atoms with Gasteiger partial charge >= 0.3 is 0 Å². The van der Waals surface area contributed by atoms with Crippen LogP contribution in [0.3, 0.4) is 0 Å². The molecule has 6 heteroatoms. The summed E-state index contributed by atoms with van der Waals surface area (Å²) < 4.78 is 0. The first kappa shape index (κ1) is 13.8. The average molecular weight is 264 g/mol. The summed E-state index contributed by atoms with van der Waals surface area (Å²) in [6, 6.07) is 2.08. The van der Waals surface area contributed by atoms with Crippen molar-refractivity contribution in [1.82, 2.24) is 10.2 Å². The number of primary amides is 1. The first-order valence-electron chi connectivity index (χ1n) is 6.83. The Morgan fingerprint density at radius 3 is 2.79 bits per heavy atom. The summed E-state index contributed by atoms with van der Waals surface area (Å²) in [5, 5.41) is 12.1. The van der Waals surface area contributed by atoms with Crippen LogP contribution in [0, 0.1) is 17.2 Å². The van der Waals surface area contributed by atoms with Crippen molar-refractivity contribution in [2.24, 2.45) is 11.7 Å². The van der Waals surface area contributed by atoms with E-state index in [2.05, 4.69) is 11.4 Å². The predicted octanol–water partition coefficient (Wildman–Crippen LogP) is -0.255. The number of nitrogens with two attached hydrogens (primary N) is 1. The van der Waals surface area contributed by atoms with Crippen LogP contribution in [0.5, 0.6) is 0 Å². The number of rotatable bonds is 4. The Hall–Kier alpha value is -1.61. The first-order valence-corrected chi connectivity index (χ1v) is 6.83. The number of amides is 2. The molecule has 0 aromatic heterocycles. The summed E-state index contributed by atoms with van der Waals surface area (Å²) in [4.78, 5) is 24.7. The molecule has 0 unspecified atom stereocenters. The van der Waals surface area contributed by atoms with Crippen LogP contribution in [-0.2, 0) is 9.59 Å². The number of hydrogen-bond donors (Lipinski definition) is 2. The van der Waals surface area contributed by atoms with Gasteiger partial charge in [0.05, 0.1) is 12.6 Å². The summed E-state index contributed by atoms with van der Waals surface area (Å²) >= 11 is 0. The van der Waals surface area contributed by atoms with Gasteiger partial charge in [0.1, 0.15) is 6.04 Å². The Morgan fingerprint density at radius 1 is 1.37 bits per heavy atom. The molecule has 1 aliphatic heterocycles. The van der Waals surface area contributed by atoms with Crippen molar-refractivity contribution in [3.63, 3.8) is 0 Å². The summed E-state index contributed by atoms with van der Waals surface area (Å²) in [5.74, 6) is -0.336. The summed E-state index contributed by atoms with van der Waals surface area (Å²) in [6.45, 7) is 0.918. The monoisotopic (exact) mass is 264 g/mol. The Balaban J connectivity index is 1.76. The fourth-order valence-electron chi connectivity index (χ4n) is 2.96. The van der Waals surface area contributed by atoms with Crippen molar-refractivity contribution in [3.8, 4) is 6.07 Å². The summed E-state index contributed by atoms with van der Waals surface area (Å²) in [7, 11) is 0. The van der Waals surface area contributed by atoms with E-state index in [1.807, 2.05) is 0 Å². The van der Waals surface area contributed by atoms with Crippen LogP contribution >= 0.6 is 0 Å². The van der Waals surface area contributed by atoms with E-state index in [1.54, 1.807) is 4.90 Å². The van der Waals surface area contributed by atoms with Gasteiger partial charge in [-0.05, 0) is 32.1 Å². The third-order valence-electron chi connectivity index (χ3n) is 4.10. The SMILES string of the molecule is N#C[C@@H]1CCCN1C(=O)CN[C@H]1CC[C@H](C(N)=O)C1. The van der Waals surface area contributed by atoms with Gasteiger partial charge in [0.15, 0.2) is 0 Å². The molecule has 1 saturated carbocycles. The Labute approximate surface area is 112 Å². The number of carbonyl (C=O) groups is 2. The van der Waals surface area contributed by atoms with Crippen LogP contribution in [-0.4, -0.2) is 41.9 Å². The van der Waals surface area contributed by atoms with E-state index < -0.39 is 0 Å². The lowest BCUT2D eigenvalue weighted by atomic mass is 10.1. The zero-order chi connectivity index (χ0) is 13.8. The highest BCUT2D eigenvalue weighted by Crippen LogP contribution is 2.25. The minimum Gasteiger partial charge on any atom is -0.369 e. The minimum absolute atomic E-state index is 0.0217. The smallest absolute Gasteiger partial charge is 0.237 e. The largest absolute Gasteiger partial charge is 0.369 e. The van der Waals surface area contributed by atoms with E-state index in [4.69, 9.17) is 11.0 Å². The highest BCUT2D eigenvalue weighted by Gasteiger charge is 2.31. The molecular formula is C13H20N4O2. The summed E-state index contributed by atoms with van der Waals surface area (Å²) in [6.07, 6.45) is 4.06. The van der Waals surface area contributed by atoms with Crippen molar-refractivity contribution in [2.75, 3.05) is 13.1 Å². The lowest BCUT2D eigenvalue weighted by Crippen LogP contribution is -2.43. The fourth-order valence-corrected chi connectivity index (χ4v) is 2.96. The fraction of sp³-hybridized carbons (Fsp3) is 0.769. The number of hydrogen-bond acceptors (Lipinski definition) is 4. The van der Waals surface area contributed by atoms with E-state index in [0.29, 0.717) is 13.0 Å². The Bertz CT molecular complexity index is 404. The molecule has 19 heavy (non-hydrogen) atoms. The standard InChI is InChI=1S/C13H20N4O2/c14-7-11-2-1-5-17(11)12(18)8-16-10-4-3-9(6-10)13(15)19/h9-11,16H,1-6,8H2,(H2,15,19)/t9-,10-,11-/m0/s1. The molecule has 1 saturated heterocycles. The van der Waals surface area contributed by atoms with Gasteiger partial charge in [0, 0.05) is 18.5 Å². The molecule has 3 N–H and O–H groups in total. The Morgan fingerprint density at radius 2 is 2.16 bits per heavy atom. The van der Waals surface area contributed by atoms with Crippen LogP contribution in [0.2, 0.25) is 0 Å². The van der Waals surface area contributed by atoms with Crippen LogP contribution in [0.4, 0.5) is 0 Å². The molecule has 2 fully saturated rings. The van der Waals surface area contributed by atoms with Gasteiger partial charge < -0.3 is 16.0 Å². The molecule has 0 spiro atoms. The van der Waals surface area contributed by atoms with Gasteiger partial charge in [-0.3, -0.25) is 9.59 Å². The first-order chi connectivity index (χ1) is 9.11. The number of likely N-dealkylation sites (tertiary alicyclic amines) is 1. The van der Waals surface area contributed by atoms with Crippen molar-refractivity contribution in [2.45, 2.75) is 44.2 Å². The molecule has 0 aromatic rings. The van der Waals surface area contributed by atoms with Crippen molar-refractivity contribution in [3.05, 3.63) is 0 Å². The molecule has 0 radical (unpaired) electrons. The minimum atomic E-state index is -0.267. The number of nitriles is 1. The second-order valence-electron chi connectivity index (χ2n) is 5.36. The molecule has 104 valence electrons. The van der Waals surface area contributed by atoms with Gasteiger partial charge in [0.25, 0.3) is 0 Å². The molecule has 2 rings (SSSR count). The van der Waals surface area contributed by atoms with E-state index in [1.165, 1.54) is 0 Å². The molecule has 3 atom stereocenters. The third kappa shape index (κ3) is 3.24. The molecular weight excluding hydrogens is 244 g/mol. The van der Waals surface area contributed by atoms with Crippen LogP contribution in [0.25, 0.3) is 0 Å². The van der Waals surface area contributed by atoms with Crippen LogP contribution in [0.1, 0.15) is 32.1 Å². The Kier molecular flexibility index (Phi) is 4.38. The van der Waals surface area contributed by atoms with Gasteiger partial charge in [-0.25, -0.2) is 0 Å². The van der Waals surface area contributed by atoms with Gasteiger partial charge in [-0.15, -0.1) is 0 Å². The molecule has 2 amide bonds. The molecule has 1 heterocycles. The maximum Gasteiger partial charge on any atom is 0.237 e. The predicted molar refractivity (Wildman–Crippen MR) is 68.7 cm³/mol. The third-order valence-corrected chi connectivity index (χ3v) is 4.10. The molecule has 1 aliphatic carbocycles. The van der Waals surface area contributed by atoms with Crippen LogP contribution in [0.15, 0.2) is 0 Å². The highest BCUT2D eigenvalue weighted by molar-refractivity contribution is 5.79. The zero-order valence-electron chi connectivity index (χ0n) is 11.0. The average Bonchev–Trinajstić information content (AvgIpc) is 3.04. The van der Waals surface area contributed by atoms with Crippen molar-refractivity contribution >= 4 is 11.8 Å². The number of nitrogens with one attached hydrogen (secondary N) is 1. The van der Waals surface area contributed by atoms with E-state index in [9.17, 15) is 9.59 Å². The second-order valence-corrected chi connectivity index (χ2v) is 5.36. The second kappa shape index (κ2) is 6.02. The maximum atomic E-state index is 12.0. The van der Waals surface area contributed by atoms with E-state index >= 15 is 0 Å². The van der Waals surface area contributed by atoms with Gasteiger partial charge in [-0.1, -0.05) is 0 Å². The van der Waals surface area contributed by atoms with Crippen LogP contribution < -0.4 is 11.1 Å². The molecule has 0 aromatic carbocycles. The lowest BCUT2D eigenvalue weighted by Gasteiger charge is -2.21. The maximum absolute atomic E-state index is 12.0. The molecule has 2 aliphatic rings. The van der Waals surface area contributed by atoms with Crippen molar-refractivity contribution < 1.29 is 9.59 Å². The quantitative estimate of drug-likeness (QED) is 0.731.